The molecule has 0 saturated heterocycles. The number of rotatable bonds is 5. The van der Waals surface area contributed by atoms with Gasteiger partial charge in [-0.15, -0.1) is 0 Å². The second-order valence-corrected chi connectivity index (χ2v) is 6.52. The summed E-state index contributed by atoms with van der Waals surface area (Å²) in [5.74, 6) is 0.841. The minimum absolute atomic E-state index is 0.172. The van der Waals surface area contributed by atoms with Gasteiger partial charge in [0.05, 0.1) is 24.4 Å². The second-order valence-electron chi connectivity index (χ2n) is 6.52. The van der Waals surface area contributed by atoms with Crippen LogP contribution in [0.5, 0.6) is 5.75 Å². The number of ether oxygens (including phenoxy) is 1. The number of carbonyl (C=O) groups is 1. The molecule has 0 aliphatic carbocycles. The number of carbonyl (C=O) groups excluding carboxylic acids is 1. The van der Waals surface area contributed by atoms with Crippen LogP contribution in [0.25, 0.3) is 22.0 Å². The summed E-state index contributed by atoms with van der Waals surface area (Å²) >= 11 is 0. The topological polar surface area (TPSA) is 109 Å². The smallest absolute Gasteiger partial charge is 0.259 e. The number of benzene rings is 1. The van der Waals surface area contributed by atoms with Crippen molar-refractivity contribution in [3.05, 3.63) is 77.0 Å². The molecule has 30 heavy (non-hydrogen) atoms. The summed E-state index contributed by atoms with van der Waals surface area (Å²) in [6.45, 7) is 0. The maximum absolute atomic E-state index is 12.5. The summed E-state index contributed by atoms with van der Waals surface area (Å²) in [7, 11) is 3.15. The van der Waals surface area contributed by atoms with Crippen molar-refractivity contribution in [1.82, 2.24) is 20.3 Å². The molecule has 8 heteroatoms. The maximum Gasteiger partial charge on any atom is 0.259 e. The van der Waals surface area contributed by atoms with E-state index in [1.807, 2.05) is 18.2 Å². The van der Waals surface area contributed by atoms with Crippen LogP contribution in [0.1, 0.15) is 10.4 Å². The zero-order chi connectivity index (χ0) is 21.1. The Balaban J connectivity index is 1.81. The Labute approximate surface area is 172 Å². The predicted molar refractivity (Wildman–Crippen MR) is 115 cm³/mol. The van der Waals surface area contributed by atoms with E-state index < -0.39 is 0 Å². The molecule has 0 saturated carbocycles. The Morgan fingerprint density at radius 2 is 1.90 bits per heavy atom. The lowest BCUT2D eigenvalue weighted by molar-refractivity contribution is 0.0963. The van der Waals surface area contributed by atoms with Crippen LogP contribution < -0.4 is 20.9 Å². The number of pyridine rings is 3. The van der Waals surface area contributed by atoms with Crippen LogP contribution in [0.3, 0.4) is 0 Å². The van der Waals surface area contributed by atoms with Crippen LogP contribution >= 0.6 is 0 Å². The standard InChI is InChI=1S/C22H19N5O3/c1-23-21(28)13-3-5-16(6-4-13)26-20-19-14(7-8-25-22(19)29)10-18(27-20)15-9-17(30-2)12-24-11-15/h3-12H,1-2H3,(H,23,28)(H,25,29)(H,26,27). The number of aromatic amines is 1. The van der Waals surface area contributed by atoms with Gasteiger partial charge in [0.2, 0.25) is 0 Å². The molecule has 3 aromatic heterocycles. The Morgan fingerprint density at radius 1 is 1.10 bits per heavy atom. The fourth-order valence-electron chi connectivity index (χ4n) is 3.11. The van der Waals surface area contributed by atoms with Crippen molar-refractivity contribution in [2.45, 2.75) is 0 Å². The Hall–Kier alpha value is -4.20. The zero-order valence-corrected chi connectivity index (χ0v) is 16.4. The maximum atomic E-state index is 12.5. The molecule has 0 spiro atoms. The SMILES string of the molecule is CNC(=O)c1ccc(Nc2nc(-c3cncc(OC)c3)cc3cc[nH]c(=O)c23)cc1. The summed E-state index contributed by atoms with van der Waals surface area (Å²) in [5.41, 5.74) is 2.38. The number of H-pyrrole nitrogens is 1. The number of amides is 1. The molecule has 0 aliphatic heterocycles. The van der Waals surface area contributed by atoms with E-state index in [1.54, 1.807) is 57.0 Å². The van der Waals surface area contributed by atoms with E-state index in [2.05, 4.69) is 25.6 Å². The molecule has 3 heterocycles. The summed E-state index contributed by atoms with van der Waals surface area (Å²) in [6, 6.07) is 12.4. The average Bonchev–Trinajstić information content (AvgIpc) is 2.79. The minimum atomic E-state index is -0.250. The Morgan fingerprint density at radius 3 is 2.63 bits per heavy atom. The van der Waals surface area contributed by atoms with Gasteiger partial charge in [-0.05, 0) is 47.9 Å². The first-order valence-electron chi connectivity index (χ1n) is 9.20. The van der Waals surface area contributed by atoms with Crippen molar-refractivity contribution >= 4 is 28.2 Å². The van der Waals surface area contributed by atoms with Crippen LogP contribution in [-0.2, 0) is 0 Å². The molecule has 0 unspecified atom stereocenters. The van der Waals surface area contributed by atoms with Gasteiger partial charge in [0.25, 0.3) is 11.5 Å². The molecule has 4 rings (SSSR count). The van der Waals surface area contributed by atoms with Gasteiger partial charge in [-0.3, -0.25) is 14.6 Å². The molecule has 3 N–H and O–H groups in total. The van der Waals surface area contributed by atoms with Gasteiger partial charge in [0.15, 0.2) is 0 Å². The van der Waals surface area contributed by atoms with Crippen molar-refractivity contribution in [1.29, 1.82) is 0 Å². The highest BCUT2D eigenvalue weighted by Gasteiger charge is 2.12. The van der Waals surface area contributed by atoms with Crippen LogP contribution in [0.4, 0.5) is 11.5 Å². The highest BCUT2D eigenvalue weighted by molar-refractivity contribution is 5.96. The number of methoxy groups -OCH3 is 1. The fourth-order valence-corrected chi connectivity index (χ4v) is 3.11. The number of nitrogens with one attached hydrogen (secondary N) is 3. The summed E-state index contributed by atoms with van der Waals surface area (Å²) in [5, 5.41) is 6.95. The molecule has 150 valence electrons. The lowest BCUT2D eigenvalue weighted by atomic mass is 10.1. The molecule has 0 atom stereocenters. The van der Waals surface area contributed by atoms with E-state index in [9.17, 15) is 9.59 Å². The Kier molecular flexibility index (Phi) is 5.13. The van der Waals surface area contributed by atoms with Gasteiger partial charge in [-0.25, -0.2) is 4.98 Å². The third-order valence-corrected chi connectivity index (χ3v) is 4.64. The lowest BCUT2D eigenvalue weighted by Gasteiger charge is -2.12. The van der Waals surface area contributed by atoms with Crippen LogP contribution in [0.15, 0.2) is 65.8 Å². The molecule has 0 bridgehead atoms. The van der Waals surface area contributed by atoms with Crippen molar-refractivity contribution in [2.24, 2.45) is 0 Å². The normalized spacial score (nSPS) is 10.6. The number of hydrogen-bond donors (Lipinski definition) is 3. The van der Waals surface area contributed by atoms with E-state index >= 15 is 0 Å². The molecule has 8 nitrogen and oxygen atoms in total. The van der Waals surface area contributed by atoms with Crippen LogP contribution in [0, 0.1) is 0 Å². The van der Waals surface area contributed by atoms with Gasteiger partial charge in [0.1, 0.15) is 11.6 Å². The third-order valence-electron chi connectivity index (χ3n) is 4.64. The van der Waals surface area contributed by atoms with Crippen molar-refractivity contribution in [3.63, 3.8) is 0 Å². The first-order chi connectivity index (χ1) is 14.6. The van der Waals surface area contributed by atoms with Gasteiger partial charge in [-0.2, -0.15) is 0 Å². The highest BCUT2D eigenvalue weighted by Crippen LogP contribution is 2.29. The average molecular weight is 401 g/mol. The molecule has 0 radical (unpaired) electrons. The van der Waals surface area contributed by atoms with Crippen LogP contribution in [-0.4, -0.2) is 35.0 Å². The quantitative estimate of drug-likeness (QED) is 0.474. The van der Waals surface area contributed by atoms with Crippen molar-refractivity contribution < 1.29 is 9.53 Å². The molecule has 1 aromatic carbocycles. The summed E-state index contributed by atoms with van der Waals surface area (Å²) < 4.78 is 5.25. The van der Waals surface area contributed by atoms with Crippen LogP contribution in [0.2, 0.25) is 0 Å². The van der Waals surface area contributed by atoms with Gasteiger partial charge in [0, 0.05) is 36.3 Å². The molecule has 0 aliphatic rings. The van der Waals surface area contributed by atoms with Gasteiger partial charge in [-0.1, -0.05) is 0 Å². The molecule has 1 amide bonds. The molecule has 4 aromatic rings. The second kappa shape index (κ2) is 8.04. The minimum Gasteiger partial charge on any atom is -0.495 e. The van der Waals surface area contributed by atoms with E-state index in [-0.39, 0.29) is 11.5 Å². The van der Waals surface area contributed by atoms with Crippen molar-refractivity contribution in [2.75, 3.05) is 19.5 Å². The van der Waals surface area contributed by atoms with Gasteiger partial charge < -0.3 is 20.4 Å². The number of fused-ring (bicyclic) bond motifs is 1. The number of anilines is 2. The summed E-state index contributed by atoms with van der Waals surface area (Å²) in [6.07, 6.45) is 4.90. The van der Waals surface area contributed by atoms with E-state index in [0.717, 1.165) is 10.9 Å². The third kappa shape index (κ3) is 3.70. The van der Waals surface area contributed by atoms with E-state index in [0.29, 0.717) is 33.9 Å². The number of aromatic nitrogens is 3. The number of hydrogen-bond acceptors (Lipinski definition) is 6. The predicted octanol–water partition coefficient (Wildman–Crippen LogP) is 3.10. The number of nitrogens with zero attached hydrogens (tertiary/aromatic N) is 2. The van der Waals surface area contributed by atoms with Crippen molar-refractivity contribution in [3.8, 4) is 17.0 Å². The first kappa shape index (κ1) is 19.1. The molecular formula is C22H19N5O3. The lowest BCUT2D eigenvalue weighted by Crippen LogP contribution is -2.17. The molecular weight excluding hydrogens is 382 g/mol. The van der Waals surface area contributed by atoms with E-state index in [4.69, 9.17) is 4.74 Å². The highest BCUT2D eigenvalue weighted by atomic mass is 16.5. The fraction of sp³-hybridized carbons (Fsp3) is 0.0909. The molecule has 0 fully saturated rings. The largest absolute Gasteiger partial charge is 0.495 e. The monoisotopic (exact) mass is 401 g/mol. The Bertz CT molecular complexity index is 1280. The van der Waals surface area contributed by atoms with E-state index in [1.165, 1.54) is 0 Å². The summed E-state index contributed by atoms with van der Waals surface area (Å²) in [4.78, 5) is 35.8. The first-order valence-corrected chi connectivity index (χ1v) is 9.20. The van der Waals surface area contributed by atoms with Gasteiger partial charge >= 0.3 is 0 Å². The zero-order valence-electron chi connectivity index (χ0n) is 16.4.